The highest BCUT2D eigenvalue weighted by Crippen LogP contribution is 2.04. The molecule has 1 aromatic heterocycles. The maximum Gasteiger partial charge on any atom is 0.0558 e. The Morgan fingerprint density at radius 1 is 1.43 bits per heavy atom. The standard InChI is InChI=1S/C11H20N2O/c1-2-3-6-13(7-8-14)10-11-4-5-12-9-11/h4-5,9,12,14H,2-3,6-8,10H2,1H3. The number of aliphatic hydroxyl groups excluding tert-OH is 1. The zero-order chi connectivity index (χ0) is 10.2. The minimum Gasteiger partial charge on any atom is -0.395 e. The van der Waals surface area contributed by atoms with Crippen molar-refractivity contribution in [2.45, 2.75) is 26.3 Å². The SMILES string of the molecule is CCCCN(CCO)Cc1cc[nH]c1. The quantitative estimate of drug-likeness (QED) is 0.695. The molecule has 1 aromatic rings. The van der Waals surface area contributed by atoms with Gasteiger partial charge in [-0.05, 0) is 24.6 Å². The average molecular weight is 196 g/mol. The van der Waals surface area contributed by atoms with Gasteiger partial charge < -0.3 is 10.1 Å². The van der Waals surface area contributed by atoms with Gasteiger partial charge in [-0.2, -0.15) is 0 Å². The molecule has 1 rings (SSSR count). The third-order valence-electron chi connectivity index (χ3n) is 2.31. The molecule has 0 unspecified atom stereocenters. The first-order valence-electron chi connectivity index (χ1n) is 5.31. The Balaban J connectivity index is 2.34. The van der Waals surface area contributed by atoms with Crippen LogP contribution in [0.15, 0.2) is 18.5 Å². The van der Waals surface area contributed by atoms with Gasteiger partial charge in [-0.3, -0.25) is 4.90 Å². The second-order valence-corrected chi connectivity index (χ2v) is 3.57. The maximum atomic E-state index is 8.92. The second-order valence-electron chi connectivity index (χ2n) is 3.57. The molecule has 14 heavy (non-hydrogen) atoms. The molecule has 0 atom stereocenters. The molecule has 3 heteroatoms. The molecule has 0 aliphatic heterocycles. The van der Waals surface area contributed by atoms with Crippen molar-refractivity contribution in [1.29, 1.82) is 0 Å². The number of unbranched alkanes of at least 4 members (excludes halogenated alkanes) is 1. The summed E-state index contributed by atoms with van der Waals surface area (Å²) in [7, 11) is 0. The number of aromatic amines is 1. The molecule has 0 radical (unpaired) electrons. The highest BCUT2D eigenvalue weighted by Gasteiger charge is 2.04. The van der Waals surface area contributed by atoms with E-state index in [2.05, 4.69) is 22.9 Å². The maximum absolute atomic E-state index is 8.92. The fourth-order valence-electron chi connectivity index (χ4n) is 1.51. The van der Waals surface area contributed by atoms with Gasteiger partial charge in [0.1, 0.15) is 0 Å². The number of hydrogen-bond donors (Lipinski definition) is 2. The van der Waals surface area contributed by atoms with Crippen molar-refractivity contribution in [1.82, 2.24) is 9.88 Å². The van der Waals surface area contributed by atoms with Gasteiger partial charge in [-0.1, -0.05) is 13.3 Å². The third-order valence-corrected chi connectivity index (χ3v) is 2.31. The Morgan fingerprint density at radius 2 is 2.29 bits per heavy atom. The largest absolute Gasteiger partial charge is 0.395 e. The molecule has 3 nitrogen and oxygen atoms in total. The lowest BCUT2D eigenvalue weighted by atomic mass is 10.2. The van der Waals surface area contributed by atoms with Gasteiger partial charge in [0, 0.05) is 25.5 Å². The van der Waals surface area contributed by atoms with Crippen molar-refractivity contribution >= 4 is 0 Å². The van der Waals surface area contributed by atoms with Crippen LogP contribution in [0.5, 0.6) is 0 Å². The molecule has 1 heterocycles. The van der Waals surface area contributed by atoms with Gasteiger partial charge in [-0.25, -0.2) is 0 Å². The lowest BCUT2D eigenvalue weighted by molar-refractivity contribution is 0.188. The Bertz CT molecular complexity index is 221. The molecule has 0 saturated carbocycles. The number of H-pyrrole nitrogens is 1. The van der Waals surface area contributed by atoms with E-state index in [0.29, 0.717) is 0 Å². The Morgan fingerprint density at radius 3 is 2.86 bits per heavy atom. The smallest absolute Gasteiger partial charge is 0.0558 e. The average Bonchev–Trinajstić information content (AvgIpc) is 2.67. The van der Waals surface area contributed by atoms with E-state index in [1.54, 1.807) is 0 Å². The van der Waals surface area contributed by atoms with Gasteiger partial charge >= 0.3 is 0 Å². The normalized spacial score (nSPS) is 11.1. The van der Waals surface area contributed by atoms with Crippen molar-refractivity contribution in [3.63, 3.8) is 0 Å². The molecule has 0 bridgehead atoms. The summed E-state index contributed by atoms with van der Waals surface area (Å²) in [5, 5.41) is 8.92. The van der Waals surface area contributed by atoms with E-state index in [9.17, 15) is 0 Å². The predicted molar refractivity (Wildman–Crippen MR) is 58.1 cm³/mol. The number of aliphatic hydroxyl groups is 1. The van der Waals surface area contributed by atoms with Crippen LogP contribution in [-0.4, -0.2) is 34.7 Å². The molecule has 0 aromatic carbocycles. The predicted octanol–water partition coefficient (Wildman–Crippen LogP) is 1.61. The second kappa shape index (κ2) is 6.62. The van der Waals surface area contributed by atoms with Crippen molar-refractivity contribution in [2.75, 3.05) is 19.7 Å². The summed E-state index contributed by atoms with van der Waals surface area (Å²) < 4.78 is 0. The van der Waals surface area contributed by atoms with Crippen LogP contribution in [0.4, 0.5) is 0 Å². The highest BCUT2D eigenvalue weighted by atomic mass is 16.3. The summed E-state index contributed by atoms with van der Waals surface area (Å²) in [6.45, 7) is 5.21. The molecule has 0 amide bonds. The van der Waals surface area contributed by atoms with Crippen LogP contribution in [0.3, 0.4) is 0 Å². The van der Waals surface area contributed by atoms with Gasteiger partial charge in [0.15, 0.2) is 0 Å². The lowest BCUT2D eigenvalue weighted by Crippen LogP contribution is -2.27. The molecule has 0 spiro atoms. The monoisotopic (exact) mass is 196 g/mol. The van der Waals surface area contributed by atoms with E-state index in [1.165, 1.54) is 18.4 Å². The molecule has 0 fully saturated rings. The summed E-state index contributed by atoms with van der Waals surface area (Å²) in [4.78, 5) is 5.33. The number of rotatable bonds is 7. The van der Waals surface area contributed by atoms with E-state index >= 15 is 0 Å². The van der Waals surface area contributed by atoms with Crippen LogP contribution in [0, 0.1) is 0 Å². The summed E-state index contributed by atoms with van der Waals surface area (Å²) in [6, 6.07) is 2.08. The topological polar surface area (TPSA) is 39.3 Å². The molecule has 0 saturated heterocycles. The summed E-state index contributed by atoms with van der Waals surface area (Å²) in [6.07, 6.45) is 6.35. The first kappa shape index (κ1) is 11.3. The number of aromatic nitrogens is 1. The van der Waals surface area contributed by atoms with Gasteiger partial charge in [-0.15, -0.1) is 0 Å². The van der Waals surface area contributed by atoms with Gasteiger partial charge in [0.25, 0.3) is 0 Å². The number of nitrogens with zero attached hydrogens (tertiary/aromatic N) is 1. The number of nitrogens with one attached hydrogen (secondary N) is 1. The lowest BCUT2D eigenvalue weighted by Gasteiger charge is -2.20. The van der Waals surface area contributed by atoms with E-state index in [0.717, 1.165) is 19.6 Å². The van der Waals surface area contributed by atoms with Crippen molar-refractivity contribution < 1.29 is 5.11 Å². The van der Waals surface area contributed by atoms with Gasteiger partial charge in [0.2, 0.25) is 0 Å². The van der Waals surface area contributed by atoms with E-state index < -0.39 is 0 Å². The summed E-state index contributed by atoms with van der Waals surface area (Å²) >= 11 is 0. The molecule has 2 N–H and O–H groups in total. The first-order valence-corrected chi connectivity index (χ1v) is 5.31. The van der Waals surface area contributed by atoms with Crippen molar-refractivity contribution in [2.24, 2.45) is 0 Å². The molecule has 0 aliphatic rings. The Kier molecular flexibility index (Phi) is 5.33. The zero-order valence-corrected chi connectivity index (χ0v) is 8.87. The first-order chi connectivity index (χ1) is 6.86. The Hall–Kier alpha value is -0.800. The summed E-state index contributed by atoms with van der Waals surface area (Å²) in [5.41, 5.74) is 1.29. The molecular formula is C11H20N2O. The minimum atomic E-state index is 0.244. The van der Waals surface area contributed by atoms with Crippen LogP contribution in [-0.2, 0) is 6.54 Å². The van der Waals surface area contributed by atoms with Crippen LogP contribution in [0.2, 0.25) is 0 Å². The number of hydrogen-bond acceptors (Lipinski definition) is 2. The van der Waals surface area contributed by atoms with Crippen LogP contribution in [0.25, 0.3) is 0 Å². The van der Waals surface area contributed by atoms with Crippen LogP contribution < -0.4 is 0 Å². The van der Waals surface area contributed by atoms with Crippen molar-refractivity contribution in [3.8, 4) is 0 Å². The van der Waals surface area contributed by atoms with E-state index in [1.807, 2.05) is 12.4 Å². The van der Waals surface area contributed by atoms with E-state index in [4.69, 9.17) is 5.11 Å². The van der Waals surface area contributed by atoms with Crippen LogP contribution >= 0.6 is 0 Å². The fourth-order valence-corrected chi connectivity index (χ4v) is 1.51. The van der Waals surface area contributed by atoms with E-state index in [-0.39, 0.29) is 6.61 Å². The molecular weight excluding hydrogens is 176 g/mol. The fraction of sp³-hybridized carbons (Fsp3) is 0.636. The molecule has 80 valence electrons. The Labute approximate surface area is 85.7 Å². The van der Waals surface area contributed by atoms with Gasteiger partial charge in [0.05, 0.1) is 6.61 Å². The minimum absolute atomic E-state index is 0.244. The zero-order valence-electron chi connectivity index (χ0n) is 8.87. The summed E-state index contributed by atoms with van der Waals surface area (Å²) in [5.74, 6) is 0. The highest BCUT2D eigenvalue weighted by molar-refractivity contribution is 5.07. The van der Waals surface area contributed by atoms with Crippen molar-refractivity contribution in [3.05, 3.63) is 24.0 Å². The van der Waals surface area contributed by atoms with Crippen LogP contribution in [0.1, 0.15) is 25.3 Å². The third kappa shape index (κ3) is 3.94. The molecule has 0 aliphatic carbocycles.